The summed E-state index contributed by atoms with van der Waals surface area (Å²) in [6.07, 6.45) is 2.36. The van der Waals surface area contributed by atoms with Crippen LogP contribution in [0.5, 0.6) is 0 Å². The average Bonchev–Trinajstić information content (AvgIpc) is 2.03. The molecule has 1 aromatic rings. The molecule has 3 nitrogen and oxygen atoms in total. The first-order chi connectivity index (χ1) is 5.24. The number of hydrogen-bond donors (Lipinski definition) is 1. The van der Waals surface area contributed by atoms with Crippen LogP contribution in [0.2, 0.25) is 0 Å². The molecule has 0 spiro atoms. The first-order valence-corrected chi connectivity index (χ1v) is 3.37. The fourth-order valence-corrected chi connectivity index (χ4v) is 0.853. The van der Waals surface area contributed by atoms with E-state index in [0.29, 0.717) is 0 Å². The Morgan fingerprint density at radius 2 is 2.15 bits per heavy atom. The van der Waals surface area contributed by atoms with Gasteiger partial charge in [-0.2, -0.15) is 0 Å². The molecular weight excluding hydrogens is 211 g/mol. The number of halogens is 2. The molecule has 1 aromatic heterocycles. The summed E-state index contributed by atoms with van der Waals surface area (Å²) in [5.74, 6) is 0. The maximum Gasteiger partial charge on any atom is 0.141 e. The Morgan fingerprint density at radius 3 is 2.62 bits per heavy atom. The van der Waals surface area contributed by atoms with Crippen molar-refractivity contribution >= 4 is 31.1 Å². The summed E-state index contributed by atoms with van der Waals surface area (Å²) in [6.45, 7) is 1.86. The molecule has 2 N–H and O–H groups in total. The van der Waals surface area contributed by atoms with Crippen LogP contribution in [0.3, 0.4) is 0 Å². The number of rotatable bonds is 2. The second-order valence-corrected chi connectivity index (χ2v) is 2.39. The highest BCUT2D eigenvalue weighted by Gasteiger charge is 2.02. The van der Waals surface area contributed by atoms with E-state index in [1.807, 2.05) is 6.92 Å². The largest absolute Gasteiger partial charge is 0.318 e. The topological polar surface area (TPSA) is 56.0 Å². The van der Waals surface area contributed by atoms with Gasteiger partial charge in [0.1, 0.15) is 6.29 Å². The van der Waals surface area contributed by atoms with E-state index in [1.54, 1.807) is 18.3 Å². The molecule has 0 aromatic carbocycles. The van der Waals surface area contributed by atoms with Crippen molar-refractivity contribution in [3.63, 3.8) is 0 Å². The number of aryl methyl sites for hydroxylation is 1. The number of aldehydes is 1. The molecule has 74 valence electrons. The van der Waals surface area contributed by atoms with Gasteiger partial charge in [0.15, 0.2) is 0 Å². The molecule has 0 aliphatic rings. The van der Waals surface area contributed by atoms with Crippen LogP contribution < -0.4 is 5.73 Å². The zero-order chi connectivity index (χ0) is 8.27. The third kappa shape index (κ3) is 4.22. The van der Waals surface area contributed by atoms with Crippen molar-refractivity contribution in [3.05, 3.63) is 29.6 Å². The molecular formula is C8H12Cl2N2O. The Hall–Kier alpha value is -0.640. The lowest BCUT2D eigenvalue weighted by molar-refractivity contribution is -0.109. The van der Waals surface area contributed by atoms with Gasteiger partial charge in [-0.3, -0.25) is 4.98 Å². The van der Waals surface area contributed by atoms with Crippen molar-refractivity contribution in [2.45, 2.75) is 13.0 Å². The lowest BCUT2D eigenvalue weighted by Crippen LogP contribution is -2.11. The van der Waals surface area contributed by atoms with Crippen LogP contribution in [-0.4, -0.2) is 11.3 Å². The van der Waals surface area contributed by atoms with Gasteiger partial charge in [-0.15, -0.1) is 24.8 Å². The number of aromatic nitrogens is 1. The quantitative estimate of drug-likeness (QED) is 0.771. The maximum absolute atomic E-state index is 10.3. The summed E-state index contributed by atoms with van der Waals surface area (Å²) >= 11 is 0. The van der Waals surface area contributed by atoms with E-state index in [0.717, 1.165) is 17.5 Å². The molecule has 0 fully saturated rings. The van der Waals surface area contributed by atoms with E-state index in [4.69, 9.17) is 5.73 Å². The van der Waals surface area contributed by atoms with Crippen molar-refractivity contribution in [3.8, 4) is 0 Å². The summed E-state index contributed by atoms with van der Waals surface area (Å²) in [4.78, 5) is 14.3. The number of hydrogen-bond acceptors (Lipinski definition) is 3. The minimum absolute atomic E-state index is 0. The van der Waals surface area contributed by atoms with Crippen molar-refractivity contribution in [1.82, 2.24) is 4.98 Å². The Morgan fingerprint density at radius 1 is 1.54 bits per heavy atom. The summed E-state index contributed by atoms with van der Waals surface area (Å²) in [6, 6.07) is 3.03. The third-order valence-electron chi connectivity index (χ3n) is 1.45. The highest BCUT2D eigenvalue weighted by molar-refractivity contribution is 5.85. The van der Waals surface area contributed by atoms with Gasteiger partial charge >= 0.3 is 0 Å². The van der Waals surface area contributed by atoms with Gasteiger partial charge in [-0.05, 0) is 24.6 Å². The van der Waals surface area contributed by atoms with E-state index in [1.165, 1.54) is 0 Å². The number of carbonyl (C=O) groups excluding carboxylic acids is 1. The molecule has 1 atom stereocenters. The summed E-state index contributed by atoms with van der Waals surface area (Å²) < 4.78 is 0. The Kier molecular flexibility index (Phi) is 7.81. The summed E-state index contributed by atoms with van der Waals surface area (Å²) in [5, 5.41) is 0. The molecule has 5 heteroatoms. The fraction of sp³-hybridized carbons (Fsp3) is 0.250. The normalized spacial score (nSPS) is 10.6. The highest BCUT2D eigenvalue weighted by atomic mass is 35.5. The molecule has 0 radical (unpaired) electrons. The van der Waals surface area contributed by atoms with Gasteiger partial charge in [0.2, 0.25) is 0 Å². The molecule has 0 aliphatic carbocycles. The molecule has 0 amide bonds. The second kappa shape index (κ2) is 6.83. The minimum atomic E-state index is -0.517. The maximum atomic E-state index is 10.3. The van der Waals surface area contributed by atoms with Gasteiger partial charge in [0.05, 0.1) is 6.04 Å². The van der Waals surface area contributed by atoms with E-state index in [2.05, 4.69) is 4.98 Å². The zero-order valence-corrected chi connectivity index (χ0v) is 8.77. The fourth-order valence-electron chi connectivity index (χ4n) is 0.853. The van der Waals surface area contributed by atoms with Crippen molar-refractivity contribution in [2.75, 3.05) is 0 Å². The predicted molar refractivity (Wildman–Crippen MR) is 56.5 cm³/mol. The molecule has 1 unspecified atom stereocenters. The molecule has 0 saturated heterocycles. The SMILES string of the molecule is Cc1cc(C(N)C=O)ccn1.Cl.Cl. The second-order valence-electron chi connectivity index (χ2n) is 2.39. The van der Waals surface area contributed by atoms with Crippen LogP contribution in [-0.2, 0) is 4.79 Å². The standard InChI is InChI=1S/C8H10N2O.2ClH/c1-6-4-7(2-3-10-6)8(9)5-11;;/h2-5,8H,9H2,1H3;2*1H. The lowest BCUT2D eigenvalue weighted by atomic mass is 10.1. The molecule has 1 rings (SSSR count). The van der Waals surface area contributed by atoms with Crippen molar-refractivity contribution in [1.29, 1.82) is 0 Å². The molecule has 1 heterocycles. The smallest absolute Gasteiger partial charge is 0.141 e. The van der Waals surface area contributed by atoms with Crippen LogP contribution in [0.4, 0.5) is 0 Å². The van der Waals surface area contributed by atoms with Crippen LogP contribution in [0.15, 0.2) is 18.3 Å². The van der Waals surface area contributed by atoms with E-state index in [-0.39, 0.29) is 24.8 Å². The third-order valence-corrected chi connectivity index (χ3v) is 1.45. The molecule has 0 bridgehead atoms. The van der Waals surface area contributed by atoms with Crippen molar-refractivity contribution in [2.24, 2.45) is 5.73 Å². The number of carbonyl (C=O) groups is 1. The van der Waals surface area contributed by atoms with Crippen molar-refractivity contribution < 1.29 is 4.79 Å². The average molecular weight is 223 g/mol. The summed E-state index contributed by atoms with van der Waals surface area (Å²) in [5.41, 5.74) is 7.15. The highest BCUT2D eigenvalue weighted by Crippen LogP contribution is 2.07. The van der Waals surface area contributed by atoms with Gasteiger partial charge in [0.25, 0.3) is 0 Å². The minimum Gasteiger partial charge on any atom is -0.318 e. The van der Waals surface area contributed by atoms with Crippen LogP contribution in [0.1, 0.15) is 17.3 Å². The van der Waals surface area contributed by atoms with E-state index in [9.17, 15) is 4.79 Å². The number of nitrogens with zero attached hydrogens (tertiary/aromatic N) is 1. The first kappa shape index (κ1) is 14.9. The Balaban J connectivity index is 0. The van der Waals surface area contributed by atoms with E-state index >= 15 is 0 Å². The van der Waals surface area contributed by atoms with Gasteiger partial charge in [0, 0.05) is 11.9 Å². The van der Waals surface area contributed by atoms with Crippen LogP contribution >= 0.6 is 24.8 Å². The Bertz CT molecular complexity index is 268. The predicted octanol–water partition coefficient (Wildman–Crippen LogP) is 1.43. The zero-order valence-electron chi connectivity index (χ0n) is 7.14. The first-order valence-electron chi connectivity index (χ1n) is 3.37. The van der Waals surface area contributed by atoms with Gasteiger partial charge in [-0.25, -0.2) is 0 Å². The number of pyridine rings is 1. The van der Waals surface area contributed by atoms with E-state index < -0.39 is 6.04 Å². The lowest BCUT2D eigenvalue weighted by Gasteiger charge is -2.03. The molecule has 0 aliphatic heterocycles. The molecule has 13 heavy (non-hydrogen) atoms. The molecule has 0 saturated carbocycles. The summed E-state index contributed by atoms with van der Waals surface area (Å²) in [7, 11) is 0. The van der Waals surface area contributed by atoms with Crippen LogP contribution in [0, 0.1) is 6.92 Å². The number of nitrogens with two attached hydrogens (primary N) is 1. The van der Waals surface area contributed by atoms with Gasteiger partial charge in [-0.1, -0.05) is 0 Å². The monoisotopic (exact) mass is 222 g/mol. The van der Waals surface area contributed by atoms with Crippen LogP contribution in [0.25, 0.3) is 0 Å². The van der Waals surface area contributed by atoms with Gasteiger partial charge < -0.3 is 10.5 Å². The Labute approximate surface area is 89.6 Å².